The second kappa shape index (κ2) is 7.94. The number of morpholine rings is 1. The Hall–Kier alpha value is -1.67. The van der Waals surface area contributed by atoms with Crippen molar-refractivity contribution in [3.05, 3.63) is 60.1 Å². The van der Waals surface area contributed by atoms with Gasteiger partial charge in [-0.2, -0.15) is 0 Å². The molecule has 1 saturated heterocycles. The van der Waals surface area contributed by atoms with Crippen molar-refractivity contribution in [2.75, 3.05) is 32.8 Å². The van der Waals surface area contributed by atoms with E-state index in [0.29, 0.717) is 13.2 Å². The third kappa shape index (κ3) is 4.67. The molecule has 6 nitrogen and oxygen atoms in total. The molecule has 0 saturated carbocycles. The van der Waals surface area contributed by atoms with Gasteiger partial charge in [0.15, 0.2) is 0 Å². The molecule has 2 aromatic rings. The largest absolute Gasteiger partial charge is 0.468 e. The predicted molar refractivity (Wildman–Crippen MR) is 90.9 cm³/mol. The molecule has 1 N–H and O–H groups in total. The molecule has 24 heavy (non-hydrogen) atoms. The third-order valence-corrected chi connectivity index (χ3v) is 5.37. The van der Waals surface area contributed by atoms with Crippen LogP contribution in [0.25, 0.3) is 0 Å². The molecule has 0 unspecified atom stereocenters. The van der Waals surface area contributed by atoms with E-state index in [2.05, 4.69) is 9.62 Å². The summed E-state index contributed by atoms with van der Waals surface area (Å²) in [5.74, 6) is 0.737. The highest BCUT2D eigenvalue weighted by atomic mass is 32.2. The van der Waals surface area contributed by atoms with Gasteiger partial charge in [-0.05, 0) is 17.7 Å². The minimum absolute atomic E-state index is 0.0260. The minimum atomic E-state index is -3.41. The van der Waals surface area contributed by atoms with Crippen LogP contribution >= 0.6 is 0 Å². The lowest BCUT2D eigenvalue weighted by Gasteiger charge is -2.33. The highest BCUT2D eigenvalue weighted by Gasteiger charge is 2.26. The molecule has 0 bridgehead atoms. The van der Waals surface area contributed by atoms with Crippen LogP contribution in [0.4, 0.5) is 0 Å². The number of benzene rings is 1. The first-order chi connectivity index (χ1) is 11.6. The van der Waals surface area contributed by atoms with Crippen molar-refractivity contribution in [1.82, 2.24) is 9.62 Å². The summed E-state index contributed by atoms with van der Waals surface area (Å²) in [6, 6.07) is 12.7. The molecule has 2 heterocycles. The van der Waals surface area contributed by atoms with Gasteiger partial charge in [0.1, 0.15) is 5.76 Å². The van der Waals surface area contributed by atoms with E-state index in [9.17, 15) is 8.42 Å². The Labute approximate surface area is 142 Å². The average molecular weight is 350 g/mol. The molecule has 1 aromatic carbocycles. The standard InChI is InChI=1S/C17H22N2O4S/c20-24(21,14-15-5-2-1-3-6-15)18-13-16(17-7-4-10-23-17)19-8-11-22-12-9-19/h1-7,10,16,18H,8-9,11-14H2/t16-/m1/s1. The van der Waals surface area contributed by atoms with Gasteiger partial charge in [0.25, 0.3) is 0 Å². The summed E-state index contributed by atoms with van der Waals surface area (Å²) in [4.78, 5) is 2.19. The van der Waals surface area contributed by atoms with Gasteiger partial charge >= 0.3 is 0 Å². The first-order valence-electron chi connectivity index (χ1n) is 8.00. The van der Waals surface area contributed by atoms with E-state index in [1.807, 2.05) is 42.5 Å². The van der Waals surface area contributed by atoms with E-state index >= 15 is 0 Å². The SMILES string of the molecule is O=S(=O)(Cc1ccccc1)NC[C@H](c1ccco1)N1CCOCC1. The Morgan fingerprint density at radius 3 is 2.50 bits per heavy atom. The highest BCUT2D eigenvalue weighted by molar-refractivity contribution is 7.88. The van der Waals surface area contributed by atoms with Crippen LogP contribution in [0.15, 0.2) is 53.1 Å². The highest BCUT2D eigenvalue weighted by Crippen LogP contribution is 2.22. The minimum Gasteiger partial charge on any atom is -0.468 e. The lowest BCUT2D eigenvalue weighted by atomic mass is 10.2. The van der Waals surface area contributed by atoms with Gasteiger partial charge in [-0.1, -0.05) is 30.3 Å². The van der Waals surface area contributed by atoms with Crippen LogP contribution in [0.2, 0.25) is 0 Å². The van der Waals surface area contributed by atoms with E-state index in [4.69, 9.17) is 9.15 Å². The Morgan fingerprint density at radius 2 is 1.83 bits per heavy atom. The topological polar surface area (TPSA) is 71.8 Å². The van der Waals surface area contributed by atoms with Gasteiger partial charge in [0.2, 0.25) is 10.0 Å². The number of ether oxygens (including phenoxy) is 1. The van der Waals surface area contributed by atoms with E-state index in [1.165, 1.54) is 0 Å². The lowest BCUT2D eigenvalue weighted by Crippen LogP contribution is -2.43. The smallest absolute Gasteiger partial charge is 0.215 e. The zero-order valence-corrected chi connectivity index (χ0v) is 14.2. The summed E-state index contributed by atoms with van der Waals surface area (Å²) >= 11 is 0. The van der Waals surface area contributed by atoms with Gasteiger partial charge in [-0.25, -0.2) is 13.1 Å². The number of rotatable bonds is 7. The zero-order chi connectivity index (χ0) is 16.8. The fraction of sp³-hybridized carbons (Fsp3) is 0.412. The summed E-state index contributed by atoms with van der Waals surface area (Å²) in [7, 11) is -3.41. The number of hydrogen-bond acceptors (Lipinski definition) is 5. The van der Waals surface area contributed by atoms with Gasteiger partial charge in [0.05, 0.1) is 31.3 Å². The van der Waals surface area contributed by atoms with E-state index in [-0.39, 0.29) is 18.3 Å². The molecule has 0 radical (unpaired) electrons. The molecule has 1 fully saturated rings. The van der Waals surface area contributed by atoms with Crippen molar-refractivity contribution in [3.8, 4) is 0 Å². The van der Waals surface area contributed by atoms with E-state index in [0.717, 1.165) is 24.4 Å². The number of furan rings is 1. The molecule has 1 aliphatic heterocycles. The van der Waals surface area contributed by atoms with Crippen molar-refractivity contribution < 1.29 is 17.6 Å². The Morgan fingerprint density at radius 1 is 1.08 bits per heavy atom. The van der Waals surface area contributed by atoms with Gasteiger partial charge in [-0.15, -0.1) is 0 Å². The molecular formula is C17H22N2O4S. The Bertz CT molecular complexity index is 710. The maximum Gasteiger partial charge on any atom is 0.215 e. The molecule has 1 aliphatic rings. The van der Waals surface area contributed by atoms with Gasteiger partial charge in [0, 0.05) is 19.6 Å². The fourth-order valence-electron chi connectivity index (χ4n) is 2.83. The van der Waals surface area contributed by atoms with Crippen molar-refractivity contribution in [2.45, 2.75) is 11.8 Å². The number of nitrogens with zero attached hydrogens (tertiary/aromatic N) is 1. The maximum atomic E-state index is 12.4. The molecule has 0 amide bonds. The summed E-state index contributed by atoms with van der Waals surface area (Å²) in [6.07, 6.45) is 1.61. The van der Waals surface area contributed by atoms with Crippen molar-refractivity contribution in [2.24, 2.45) is 0 Å². The molecule has 130 valence electrons. The van der Waals surface area contributed by atoms with Crippen LogP contribution in [0.5, 0.6) is 0 Å². The normalized spacial score (nSPS) is 17.7. The summed E-state index contributed by atoms with van der Waals surface area (Å²) in [5, 5.41) is 0. The molecule has 3 rings (SSSR count). The molecule has 0 aliphatic carbocycles. The number of hydrogen-bond donors (Lipinski definition) is 1. The lowest BCUT2D eigenvalue weighted by molar-refractivity contribution is 0.0128. The summed E-state index contributed by atoms with van der Waals surface area (Å²) in [5.41, 5.74) is 0.769. The fourth-order valence-corrected chi connectivity index (χ4v) is 3.98. The van der Waals surface area contributed by atoms with Crippen molar-refractivity contribution in [1.29, 1.82) is 0 Å². The summed E-state index contributed by atoms with van der Waals surface area (Å²) < 4.78 is 38.4. The third-order valence-electron chi connectivity index (χ3n) is 4.05. The maximum absolute atomic E-state index is 12.4. The quantitative estimate of drug-likeness (QED) is 0.824. The van der Waals surface area contributed by atoms with Gasteiger partial charge in [-0.3, -0.25) is 4.90 Å². The first kappa shape index (κ1) is 17.2. The number of sulfonamides is 1. The Balaban J connectivity index is 1.66. The molecule has 1 aromatic heterocycles. The van der Waals surface area contributed by atoms with Crippen molar-refractivity contribution in [3.63, 3.8) is 0 Å². The summed E-state index contributed by atoms with van der Waals surface area (Å²) in [6.45, 7) is 3.09. The molecule has 1 atom stereocenters. The molecule has 7 heteroatoms. The van der Waals surface area contributed by atoms with Crippen LogP contribution in [-0.4, -0.2) is 46.2 Å². The van der Waals surface area contributed by atoms with Crippen LogP contribution < -0.4 is 4.72 Å². The van der Waals surface area contributed by atoms with E-state index in [1.54, 1.807) is 6.26 Å². The molecule has 0 spiro atoms. The Kier molecular flexibility index (Phi) is 5.68. The first-order valence-corrected chi connectivity index (χ1v) is 9.66. The average Bonchev–Trinajstić information content (AvgIpc) is 3.11. The van der Waals surface area contributed by atoms with Crippen molar-refractivity contribution >= 4 is 10.0 Å². The van der Waals surface area contributed by atoms with Gasteiger partial charge < -0.3 is 9.15 Å². The monoisotopic (exact) mass is 350 g/mol. The van der Waals surface area contributed by atoms with Crippen LogP contribution in [0.1, 0.15) is 17.4 Å². The van der Waals surface area contributed by atoms with Crippen LogP contribution in [0, 0.1) is 0 Å². The zero-order valence-electron chi connectivity index (χ0n) is 13.4. The second-order valence-electron chi connectivity index (χ2n) is 5.77. The van der Waals surface area contributed by atoms with Crippen LogP contribution in [-0.2, 0) is 20.5 Å². The number of nitrogens with one attached hydrogen (secondary N) is 1. The van der Waals surface area contributed by atoms with E-state index < -0.39 is 10.0 Å². The molecular weight excluding hydrogens is 328 g/mol. The predicted octanol–water partition coefficient (Wildman–Crippen LogP) is 1.77. The van der Waals surface area contributed by atoms with Crippen LogP contribution in [0.3, 0.4) is 0 Å². The second-order valence-corrected chi connectivity index (χ2v) is 7.58.